The minimum atomic E-state index is -0.933. The van der Waals surface area contributed by atoms with Crippen LogP contribution in [0.5, 0.6) is 0 Å². The van der Waals surface area contributed by atoms with Crippen LogP contribution < -0.4 is 11.1 Å². The monoisotopic (exact) mass is 281 g/mol. The van der Waals surface area contributed by atoms with Gasteiger partial charge in [0.2, 0.25) is 0 Å². The number of aromatic carboxylic acids is 1. The van der Waals surface area contributed by atoms with Crippen LogP contribution in [0.1, 0.15) is 10.4 Å². The Morgan fingerprint density at radius 1 is 1.42 bits per heavy atom. The zero-order valence-electron chi connectivity index (χ0n) is 10.8. The molecule has 0 aliphatic carbocycles. The molecule has 19 heavy (non-hydrogen) atoms. The molecule has 2 rings (SSSR count). The van der Waals surface area contributed by atoms with Gasteiger partial charge in [0.15, 0.2) is 0 Å². The molecule has 0 saturated carbocycles. The number of hydrogen-bond donors (Lipinski definition) is 3. The quantitative estimate of drug-likeness (QED) is 0.709. The average molecular weight is 281 g/mol. The van der Waals surface area contributed by atoms with Gasteiger partial charge in [-0.05, 0) is 18.2 Å². The lowest BCUT2D eigenvalue weighted by atomic mass is 10.1. The molecular formula is C13H19N3O2S. The molecule has 0 radical (unpaired) electrons. The normalized spacial score (nSPS) is 16.2. The Balaban J connectivity index is 1.91. The summed E-state index contributed by atoms with van der Waals surface area (Å²) in [6.45, 7) is 3.87. The van der Waals surface area contributed by atoms with Gasteiger partial charge in [-0.25, -0.2) is 4.79 Å². The molecule has 1 fully saturated rings. The molecule has 0 bridgehead atoms. The first-order valence-electron chi connectivity index (χ1n) is 6.33. The summed E-state index contributed by atoms with van der Waals surface area (Å²) in [6, 6.07) is 4.82. The maximum absolute atomic E-state index is 11.1. The summed E-state index contributed by atoms with van der Waals surface area (Å²) in [5.41, 5.74) is 7.13. The van der Waals surface area contributed by atoms with Gasteiger partial charge in [0.25, 0.3) is 0 Å². The molecule has 0 spiro atoms. The van der Waals surface area contributed by atoms with Crippen LogP contribution in [-0.4, -0.2) is 53.7 Å². The number of rotatable bonds is 5. The van der Waals surface area contributed by atoms with Gasteiger partial charge in [0, 0.05) is 43.4 Å². The number of hydrogen-bond acceptors (Lipinski definition) is 5. The minimum absolute atomic E-state index is 0.267. The molecule has 0 aromatic heterocycles. The van der Waals surface area contributed by atoms with E-state index in [-0.39, 0.29) is 5.56 Å². The summed E-state index contributed by atoms with van der Waals surface area (Å²) < 4.78 is 0. The third-order valence-corrected chi connectivity index (χ3v) is 4.06. The number of anilines is 2. The van der Waals surface area contributed by atoms with Crippen molar-refractivity contribution in [3.05, 3.63) is 23.8 Å². The van der Waals surface area contributed by atoms with E-state index in [1.165, 1.54) is 17.6 Å². The molecule has 1 aromatic carbocycles. The summed E-state index contributed by atoms with van der Waals surface area (Å²) in [5.74, 6) is 1.43. The Labute approximate surface area is 117 Å². The Bertz CT molecular complexity index is 448. The highest BCUT2D eigenvalue weighted by Gasteiger charge is 2.12. The number of nitrogens with one attached hydrogen (secondary N) is 1. The van der Waals surface area contributed by atoms with E-state index in [1.54, 1.807) is 12.1 Å². The van der Waals surface area contributed by atoms with E-state index in [9.17, 15) is 4.79 Å². The van der Waals surface area contributed by atoms with Crippen molar-refractivity contribution in [2.75, 3.05) is 48.7 Å². The van der Waals surface area contributed by atoms with Gasteiger partial charge < -0.3 is 16.2 Å². The standard InChI is InChI=1S/C13H19N3O2S/c14-10-1-2-11(13(17)18)12(9-10)15-3-4-16-5-7-19-8-6-16/h1-2,9,15H,3-8,14H2,(H,17,18). The summed E-state index contributed by atoms with van der Waals surface area (Å²) in [7, 11) is 0. The van der Waals surface area contributed by atoms with Gasteiger partial charge in [0.05, 0.1) is 11.3 Å². The van der Waals surface area contributed by atoms with Crippen molar-refractivity contribution in [2.24, 2.45) is 0 Å². The van der Waals surface area contributed by atoms with Gasteiger partial charge in [-0.1, -0.05) is 0 Å². The van der Waals surface area contributed by atoms with E-state index in [4.69, 9.17) is 10.8 Å². The van der Waals surface area contributed by atoms with E-state index in [1.807, 2.05) is 11.8 Å². The molecule has 1 aliphatic heterocycles. The second kappa shape index (κ2) is 6.68. The van der Waals surface area contributed by atoms with E-state index in [2.05, 4.69) is 10.2 Å². The first-order valence-corrected chi connectivity index (χ1v) is 7.49. The molecule has 4 N–H and O–H groups in total. The van der Waals surface area contributed by atoms with Gasteiger partial charge in [0.1, 0.15) is 0 Å². The van der Waals surface area contributed by atoms with Crippen molar-refractivity contribution >= 4 is 29.1 Å². The number of carbonyl (C=O) groups is 1. The maximum atomic E-state index is 11.1. The molecular weight excluding hydrogens is 262 g/mol. The SMILES string of the molecule is Nc1ccc(C(=O)O)c(NCCN2CCSCC2)c1. The Hall–Kier alpha value is -1.40. The minimum Gasteiger partial charge on any atom is -0.478 e. The lowest BCUT2D eigenvalue weighted by Gasteiger charge is -2.26. The Morgan fingerprint density at radius 3 is 2.84 bits per heavy atom. The molecule has 5 nitrogen and oxygen atoms in total. The second-order valence-corrected chi connectivity index (χ2v) is 5.72. The van der Waals surface area contributed by atoms with E-state index in [0.29, 0.717) is 11.4 Å². The van der Waals surface area contributed by atoms with Crippen LogP contribution in [-0.2, 0) is 0 Å². The predicted octanol–water partition coefficient (Wildman–Crippen LogP) is 1.43. The smallest absolute Gasteiger partial charge is 0.337 e. The van der Waals surface area contributed by atoms with Crippen molar-refractivity contribution in [1.82, 2.24) is 4.90 Å². The van der Waals surface area contributed by atoms with Gasteiger partial charge >= 0.3 is 5.97 Å². The first-order chi connectivity index (χ1) is 9.16. The van der Waals surface area contributed by atoms with Gasteiger partial charge in [-0.15, -0.1) is 0 Å². The van der Waals surface area contributed by atoms with Gasteiger partial charge in [-0.2, -0.15) is 11.8 Å². The molecule has 1 aromatic rings. The van der Waals surface area contributed by atoms with E-state index >= 15 is 0 Å². The van der Waals surface area contributed by atoms with Crippen LogP contribution in [0.15, 0.2) is 18.2 Å². The van der Waals surface area contributed by atoms with Crippen LogP contribution in [0.25, 0.3) is 0 Å². The van der Waals surface area contributed by atoms with Crippen molar-refractivity contribution in [1.29, 1.82) is 0 Å². The summed E-state index contributed by atoms with van der Waals surface area (Å²) in [4.78, 5) is 13.5. The fourth-order valence-electron chi connectivity index (χ4n) is 2.07. The summed E-state index contributed by atoms with van der Waals surface area (Å²) in [5, 5.41) is 12.3. The third-order valence-electron chi connectivity index (χ3n) is 3.12. The van der Waals surface area contributed by atoms with Crippen LogP contribution in [0.3, 0.4) is 0 Å². The zero-order valence-corrected chi connectivity index (χ0v) is 11.6. The highest BCUT2D eigenvalue weighted by molar-refractivity contribution is 7.99. The molecule has 6 heteroatoms. The van der Waals surface area contributed by atoms with Gasteiger partial charge in [-0.3, -0.25) is 4.90 Å². The zero-order chi connectivity index (χ0) is 13.7. The average Bonchev–Trinajstić information content (AvgIpc) is 2.39. The fraction of sp³-hybridized carbons (Fsp3) is 0.462. The lowest BCUT2D eigenvalue weighted by Crippen LogP contribution is -2.36. The Kier molecular flexibility index (Phi) is 4.93. The molecule has 0 unspecified atom stereocenters. The van der Waals surface area contributed by atoms with Crippen LogP contribution >= 0.6 is 11.8 Å². The topological polar surface area (TPSA) is 78.6 Å². The highest BCUT2D eigenvalue weighted by Crippen LogP contribution is 2.19. The summed E-state index contributed by atoms with van der Waals surface area (Å²) in [6.07, 6.45) is 0. The Morgan fingerprint density at radius 2 is 2.16 bits per heavy atom. The molecule has 0 atom stereocenters. The van der Waals surface area contributed by atoms with Crippen molar-refractivity contribution in [3.63, 3.8) is 0 Å². The van der Waals surface area contributed by atoms with Crippen LogP contribution in [0.4, 0.5) is 11.4 Å². The number of nitrogen functional groups attached to an aromatic ring is 1. The van der Waals surface area contributed by atoms with Crippen molar-refractivity contribution < 1.29 is 9.90 Å². The van der Waals surface area contributed by atoms with Crippen LogP contribution in [0.2, 0.25) is 0 Å². The number of carboxylic acid groups (broad SMARTS) is 1. The van der Waals surface area contributed by atoms with E-state index in [0.717, 1.165) is 26.2 Å². The second-order valence-electron chi connectivity index (χ2n) is 4.49. The summed E-state index contributed by atoms with van der Waals surface area (Å²) >= 11 is 1.98. The number of thioether (sulfide) groups is 1. The molecule has 1 aliphatic rings. The largest absolute Gasteiger partial charge is 0.478 e. The molecule has 1 saturated heterocycles. The number of benzene rings is 1. The molecule has 0 amide bonds. The lowest BCUT2D eigenvalue weighted by molar-refractivity contribution is 0.0698. The van der Waals surface area contributed by atoms with Crippen LogP contribution in [0, 0.1) is 0 Å². The van der Waals surface area contributed by atoms with Crippen molar-refractivity contribution in [3.8, 4) is 0 Å². The highest BCUT2D eigenvalue weighted by atomic mass is 32.2. The number of nitrogens with zero attached hydrogens (tertiary/aromatic N) is 1. The third kappa shape index (κ3) is 4.04. The number of nitrogens with two attached hydrogens (primary N) is 1. The molecule has 1 heterocycles. The molecule has 104 valence electrons. The number of carboxylic acids is 1. The fourth-order valence-corrected chi connectivity index (χ4v) is 3.05. The first kappa shape index (κ1) is 14.0. The van der Waals surface area contributed by atoms with Crippen molar-refractivity contribution in [2.45, 2.75) is 0 Å². The predicted molar refractivity (Wildman–Crippen MR) is 80.1 cm³/mol. The maximum Gasteiger partial charge on any atom is 0.337 e. The van der Waals surface area contributed by atoms with E-state index < -0.39 is 5.97 Å².